The molecule has 2 nitrogen and oxygen atoms in total. The summed E-state index contributed by atoms with van der Waals surface area (Å²) in [5.41, 5.74) is 2.15. The number of benzene rings is 2. The number of rotatable bonds is 2. The molecule has 0 fully saturated rings. The lowest BCUT2D eigenvalue weighted by Crippen LogP contribution is -2.41. The highest BCUT2D eigenvalue weighted by atomic mass is 15.3. The average molecular weight is 239 g/mol. The van der Waals surface area contributed by atoms with Gasteiger partial charge in [0.2, 0.25) is 5.84 Å². The molecule has 92 valence electrons. The van der Waals surface area contributed by atoms with Crippen LogP contribution in [0.4, 0.5) is 5.69 Å². The van der Waals surface area contributed by atoms with Gasteiger partial charge < -0.3 is 0 Å². The van der Waals surface area contributed by atoms with Crippen LogP contribution >= 0.6 is 0 Å². The first kappa shape index (κ1) is 12.5. The van der Waals surface area contributed by atoms with Crippen molar-refractivity contribution in [3.63, 3.8) is 0 Å². The van der Waals surface area contributed by atoms with Crippen LogP contribution in [-0.2, 0) is 0 Å². The van der Waals surface area contributed by atoms with Crippen LogP contribution in [0.2, 0.25) is 0 Å². The Bertz CT molecular complexity index is 522. The molecule has 0 amide bonds. The van der Waals surface area contributed by atoms with Crippen LogP contribution in [0.1, 0.15) is 5.56 Å². The van der Waals surface area contributed by atoms with Gasteiger partial charge in [-0.3, -0.25) is 4.48 Å². The van der Waals surface area contributed by atoms with Gasteiger partial charge in [-0.15, -0.1) is 0 Å². The summed E-state index contributed by atoms with van der Waals surface area (Å²) in [6, 6.07) is 20.4. The van der Waals surface area contributed by atoms with Gasteiger partial charge in [-0.25, -0.2) is 0 Å². The van der Waals surface area contributed by atoms with Crippen molar-refractivity contribution in [1.82, 2.24) is 0 Å². The van der Waals surface area contributed by atoms with Crippen LogP contribution in [0, 0.1) is 0 Å². The highest BCUT2D eigenvalue weighted by Crippen LogP contribution is 2.16. The van der Waals surface area contributed by atoms with Gasteiger partial charge in [0.25, 0.3) is 0 Å². The second-order valence-electron chi connectivity index (χ2n) is 5.15. The Balaban J connectivity index is 2.48. The molecule has 0 aliphatic rings. The van der Waals surface area contributed by atoms with E-state index in [1.807, 2.05) is 48.5 Å². The summed E-state index contributed by atoms with van der Waals surface area (Å²) in [5, 5.41) is 0. The van der Waals surface area contributed by atoms with E-state index in [0.29, 0.717) is 4.48 Å². The van der Waals surface area contributed by atoms with E-state index in [4.69, 9.17) is 4.99 Å². The predicted molar refractivity (Wildman–Crippen MR) is 77.1 cm³/mol. The molecule has 2 rings (SSSR count). The van der Waals surface area contributed by atoms with Gasteiger partial charge in [0.05, 0.1) is 32.4 Å². The normalized spacial score (nSPS) is 12.5. The lowest BCUT2D eigenvalue weighted by atomic mass is 10.2. The van der Waals surface area contributed by atoms with E-state index < -0.39 is 0 Å². The third kappa shape index (κ3) is 3.05. The maximum absolute atomic E-state index is 4.79. The van der Waals surface area contributed by atoms with E-state index in [1.165, 1.54) is 0 Å². The molecule has 0 unspecified atom stereocenters. The van der Waals surface area contributed by atoms with Crippen LogP contribution in [0.5, 0.6) is 0 Å². The first-order valence-corrected chi connectivity index (χ1v) is 6.08. The predicted octanol–water partition coefficient (Wildman–Crippen LogP) is 3.47. The van der Waals surface area contributed by atoms with Gasteiger partial charge in [-0.2, -0.15) is 4.99 Å². The van der Waals surface area contributed by atoms with E-state index in [-0.39, 0.29) is 0 Å². The summed E-state index contributed by atoms with van der Waals surface area (Å²) >= 11 is 0. The topological polar surface area (TPSA) is 12.4 Å². The monoisotopic (exact) mass is 239 g/mol. The van der Waals surface area contributed by atoms with Crippen molar-refractivity contribution in [2.75, 3.05) is 21.1 Å². The lowest BCUT2D eigenvalue weighted by Gasteiger charge is -2.25. The number of nitrogens with zero attached hydrogens (tertiary/aromatic N) is 2. The Morgan fingerprint density at radius 3 is 1.78 bits per heavy atom. The Kier molecular flexibility index (Phi) is 3.58. The van der Waals surface area contributed by atoms with Crippen molar-refractivity contribution in [2.45, 2.75) is 0 Å². The highest BCUT2D eigenvalue weighted by molar-refractivity contribution is 5.95. The molecule has 0 heterocycles. The highest BCUT2D eigenvalue weighted by Gasteiger charge is 2.20. The fourth-order valence-electron chi connectivity index (χ4n) is 1.81. The number of amidine groups is 1. The van der Waals surface area contributed by atoms with Crippen LogP contribution in [0.3, 0.4) is 0 Å². The van der Waals surface area contributed by atoms with Crippen molar-refractivity contribution >= 4 is 11.5 Å². The molecule has 0 aromatic heterocycles. The number of aliphatic imine (C=N–C) groups is 1. The van der Waals surface area contributed by atoms with Gasteiger partial charge in [0.15, 0.2) is 0 Å². The molecule has 18 heavy (non-hydrogen) atoms. The van der Waals surface area contributed by atoms with E-state index in [2.05, 4.69) is 33.3 Å². The molecule has 0 saturated heterocycles. The van der Waals surface area contributed by atoms with E-state index in [0.717, 1.165) is 17.1 Å². The third-order valence-electron chi connectivity index (χ3n) is 2.66. The molecule has 0 N–H and O–H groups in total. The molecule has 0 bridgehead atoms. The third-order valence-corrected chi connectivity index (χ3v) is 2.66. The smallest absolute Gasteiger partial charge is 0.234 e. The largest absolute Gasteiger partial charge is 0.281 e. The lowest BCUT2D eigenvalue weighted by molar-refractivity contribution is -0.776. The van der Waals surface area contributed by atoms with Gasteiger partial charge in [-0.05, 0) is 24.3 Å². The fraction of sp³-hybridized carbons (Fsp3) is 0.188. The van der Waals surface area contributed by atoms with Crippen molar-refractivity contribution in [3.8, 4) is 0 Å². The van der Waals surface area contributed by atoms with Crippen molar-refractivity contribution in [1.29, 1.82) is 0 Å². The van der Waals surface area contributed by atoms with E-state index in [1.54, 1.807) is 0 Å². The molecule has 0 atom stereocenters. The van der Waals surface area contributed by atoms with Crippen LogP contribution in [-0.4, -0.2) is 31.5 Å². The van der Waals surface area contributed by atoms with Gasteiger partial charge >= 0.3 is 0 Å². The zero-order valence-electron chi connectivity index (χ0n) is 11.2. The zero-order chi connectivity index (χ0) is 13.0. The maximum Gasteiger partial charge on any atom is 0.234 e. The summed E-state index contributed by atoms with van der Waals surface area (Å²) < 4.78 is 0.693. The molecular formula is C16H19N2+. The summed E-state index contributed by atoms with van der Waals surface area (Å²) in [6.45, 7) is 0. The fourth-order valence-corrected chi connectivity index (χ4v) is 1.81. The minimum Gasteiger partial charge on any atom is -0.281 e. The first-order valence-electron chi connectivity index (χ1n) is 6.08. The Hall–Kier alpha value is -1.93. The molecule has 0 aliphatic carbocycles. The Labute approximate surface area is 109 Å². The SMILES string of the molecule is C[N+](C)(C)C(=Nc1ccccc1)c1ccccc1. The van der Waals surface area contributed by atoms with Gasteiger partial charge in [0, 0.05) is 0 Å². The second-order valence-corrected chi connectivity index (χ2v) is 5.15. The number of para-hydroxylation sites is 1. The molecule has 0 radical (unpaired) electrons. The summed E-state index contributed by atoms with van der Waals surface area (Å²) in [4.78, 5) is 4.79. The molecule has 2 aromatic rings. The van der Waals surface area contributed by atoms with Gasteiger partial charge in [0.1, 0.15) is 0 Å². The molecule has 2 heteroatoms. The second kappa shape index (κ2) is 5.15. The number of quaternary nitrogens is 1. The maximum atomic E-state index is 4.79. The summed E-state index contributed by atoms with van der Waals surface area (Å²) in [7, 11) is 6.40. The summed E-state index contributed by atoms with van der Waals surface area (Å²) in [5.74, 6) is 1.06. The average Bonchev–Trinajstić information content (AvgIpc) is 2.37. The Morgan fingerprint density at radius 2 is 1.28 bits per heavy atom. The molecular weight excluding hydrogens is 220 g/mol. The van der Waals surface area contributed by atoms with Gasteiger partial charge in [-0.1, -0.05) is 36.4 Å². The first-order chi connectivity index (χ1) is 8.57. The van der Waals surface area contributed by atoms with Crippen molar-refractivity contribution in [3.05, 3.63) is 66.2 Å². The Morgan fingerprint density at radius 1 is 0.778 bits per heavy atom. The quantitative estimate of drug-likeness (QED) is 0.432. The van der Waals surface area contributed by atoms with Crippen LogP contribution in [0.15, 0.2) is 65.7 Å². The molecule has 0 aliphatic heterocycles. The van der Waals surface area contributed by atoms with Crippen molar-refractivity contribution < 1.29 is 4.48 Å². The molecule has 0 saturated carbocycles. The minimum absolute atomic E-state index is 0.693. The zero-order valence-corrected chi connectivity index (χ0v) is 11.2. The van der Waals surface area contributed by atoms with E-state index in [9.17, 15) is 0 Å². The number of hydrogen-bond acceptors (Lipinski definition) is 1. The molecule has 0 spiro atoms. The minimum atomic E-state index is 0.693. The van der Waals surface area contributed by atoms with Crippen molar-refractivity contribution in [2.24, 2.45) is 4.99 Å². The summed E-state index contributed by atoms with van der Waals surface area (Å²) in [6.07, 6.45) is 0. The standard InChI is InChI=1S/C16H19N2/c1-18(2,3)16(14-10-6-4-7-11-14)17-15-12-8-5-9-13-15/h4-13H,1-3H3/q+1. The number of hydrogen-bond donors (Lipinski definition) is 0. The van der Waals surface area contributed by atoms with E-state index >= 15 is 0 Å². The molecule has 2 aromatic carbocycles. The van der Waals surface area contributed by atoms with Crippen LogP contribution in [0.25, 0.3) is 0 Å². The van der Waals surface area contributed by atoms with Crippen LogP contribution < -0.4 is 0 Å².